The van der Waals surface area contributed by atoms with Crippen LogP contribution in [0.3, 0.4) is 0 Å². The highest BCUT2D eigenvalue weighted by atomic mass is 79.9. The fraction of sp³-hybridized carbons (Fsp3) is 0.400. The Hall–Kier alpha value is -1.33. The van der Waals surface area contributed by atoms with Crippen LogP contribution >= 0.6 is 15.9 Å². The number of amides is 1. The normalized spacial score (nSPS) is 15.9. The summed E-state index contributed by atoms with van der Waals surface area (Å²) in [6.45, 7) is 8.32. The third-order valence-electron chi connectivity index (χ3n) is 3.36. The molecule has 0 radical (unpaired) electrons. The summed E-state index contributed by atoms with van der Waals surface area (Å²) >= 11 is 3.50. The molecule has 5 heteroatoms. The Morgan fingerprint density at radius 2 is 2.10 bits per heavy atom. The first kappa shape index (κ1) is 15.1. The molecule has 1 heterocycles. The highest BCUT2D eigenvalue weighted by Gasteiger charge is 2.18. The predicted octanol–water partition coefficient (Wildman–Crippen LogP) is 1.87. The Bertz CT molecular complexity index is 470. The number of nitrogens with one attached hydrogen (secondary N) is 1. The Kier molecular flexibility index (Phi) is 5.61. The highest BCUT2D eigenvalue weighted by molar-refractivity contribution is 9.10. The lowest BCUT2D eigenvalue weighted by atomic mass is 10.2. The molecule has 0 aliphatic carbocycles. The van der Waals surface area contributed by atoms with Gasteiger partial charge in [0.25, 0.3) is 0 Å². The number of carbonyl (C=O) groups is 1. The van der Waals surface area contributed by atoms with Crippen molar-refractivity contribution in [3.05, 3.63) is 41.4 Å². The van der Waals surface area contributed by atoms with Gasteiger partial charge in [-0.1, -0.05) is 28.1 Å². The molecule has 0 spiro atoms. The van der Waals surface area contributed by atoms with E-state index in [0.29, 0.717) is 13.1 Å². The van der Waals surface area contributed by atoms with Gasteiger partial charge in [0.15, 0.2) is 0 Å². The summed E-state index contributed by atoms with van der Waals surface area (Å²) < 4.78 is 1.10. The molecule has 1 aliphatic rings. The molecule has 0 saturated carbocycles. The molecule has 1 amide bonds. The summed E-state index contributed by atoms with van der Waals surface area (Å²) in [4.78, 5) is 16.2. The number of carbonyl (C=O) groups excluding carboxylic acids is 1. The predicted molar refractivity (Wildman–Crippen MR) is 86.0 cm³/mol. The third kappa shape index (κ3) is 4.35. The largest absolute Gasteiger partial charge is 0.369 e. The maximum atomic E-state index is 11.6. The second-order valence-electron chi connectivity index (χ2n) is 4.84. The van der Waals surface area contributed by atoms with Gasteiger partial charge >= 0.3 is 0 Å². The molecule has 1 aliphatic heterocycles. The molecule has 2 rings (SSSR count). The molecule has 108 valence electrons. The van der Waals surface area contributed by atoms with Crippen molar-refractivity contribution in [2.45, 2.75) is 0 Å². The van der Waals surface area contributed by atoms with Crippen molar-refractivity contribution in [2.75, 3.05) is 44.2 Å². The number of hydrogen-bond donors (Lipinski definition) is 1. The molecule has 1 N–H and O–H groups in total. The summed E-state index contributed by atoms with van der Waals surface area (Å²) in [5.74, 6) is 0.0702. The van der Waals surface area contributed by atoms with E-state index in [4.69, 9.17) is 0 Å². The minimum atomic E-state index is 0.0702. The Balaban J connectivity index is 1.80. The van der Waals surface area contributed by atoms with Crippen molar-refractivity contribution in [2.24, 2.45) is 0 Å². The average molecular weight is 338 g/mol. The van der Waals surface area contributed by atoms with Crippen molar-refractivity contribution in [3.8, 4) is 0 Å². The van der Waals surface area contributed by atoms with Gasteiger partial charge in [-0.2, -0.15) is 0 Å². The van der Waals surface area contributed by atoms with Crippen molar-refractivity contribution < 1.29 is 4.79 Å². The quantitative estimate of drug-likeness (QED) is 0.833. The zero-order chi connectivity index (χ0) is 14.4. The number of anilines is 1. The highest BCUT2D eigenvalue weighted by Crippen LogP contribution is 2.20. The molecule has 1 aromatic carbocycles. The van der Waals surface area contributed by atoms with E-state index in [2.05, 4.69) is 55.8 Å². The van der Waals surface area contributed by atoms with Gasteiger partial charge in [-0.3, -0.25) is 9.69 Å². The van der Waals surface area contributed by atoms with Crippen LogP contribution in [0.1, 0.15) is 0 Å². The number of rotatable bonds is 5. The SMILES string of the molecule is C=CCNC(=O)CN1CCN(c2cccc(Br)c2)CC1. The average Bonchev–Trinajstić information content (AvgIpc) is 2.46. The van der Waals surface area contributed by atoms with Crippen LogP contribution < -0.4 is 10.2 Å². The van der Waals surface area contributed by atoms with Crippen LogP contribution in [0.2, 0.25) is 0 Å². The second-order valence-corrected chi connectivity index (χ2v) is 5.75. The lowest BCUT2D eigenvalue weighted by Crippen LogP contribution is -2.49. The molecule has 0 unspecified atom stereocenters. The number of nitrogens with zero attached hydrogens (tertiary/aromatic N) is 2. The summed E-state index contributed by atoms with van der Waals surface area (Å²) in [7, 11) is 0. The molecule has 0 atom stereocenters. The van der Waals surface area contributed by atoms with Gasteiger partial charge in [0.05, 0.1) is 6.54 Å². The Morgan fingerprint density at radius 1 is 1.35 bits per heavy atom. The summed E-state index contributed by atoms with van der Waals surface area (Å²) in [6.07, 6.45) is 1.70. The fourth-order valence-corrected chi connectivity index (χ4v) is 2.67. The van der Waals surface area contributed by atoms with E-state index in [1.807, 2.05) is 6.07 Å². The number of piperazine rings is 1. The maximum Gasteiger partial charge on any atom is 0.234 e. The van der Waals surface area contributed by atoms with Gasteiger partial charge in [-0.25, -0.2) is 0 Å². The van der Waals surface area contributed by atoms with Crippen LogP contribution in [-0.2, 0) is 4.79 Å². The van der Waals surface area contributed by atoms with Crippen LogP contribution in [0.5, 0.6) is 0 Å². The molecular weight excluding hydrogens is 318 g/mol. The van der Waals surface area contributed by atoms with E-state index in [1.54, 1.807) is 6.08 Å². The van der Waals surface area contributed by atoms with Gasteiger partial charge in [0.1, 0.15) is 0 Å². The zero-order valence-corrected chi connectivity index (χ0v) is 13.1. The van der Waals surface area contributed by atoms with Crippen LogP contribution in [-0.4, -0.2) is 50.1 Å². The summed E-state index contributed by atoms with van der Waals surface area (Å²) in [5, 5.41) is 2.81. The minimum Gasteiger partial charge on any atom is -0.369 e. The summed E-state index contributed by atoms with van der Waals surface area (Å²) in [5.41, 5.74) is 1.23. The first-order chi connectivity index (χ1) is 9.69. The van der Waals surface area contributed by atoms with E-state index in [0.717, 1.165) is 30.7 Å². The molecule has 0 bridgehead atoms. The van der Waals surface area contributed by atoms with Gasteiger partial charge in [-0.15, -0.1) is 6.58 Å². The van der Waals surface area contributed by atoms with Crippen LogP contribution in [0.25, 0.3) is 0 Å². The zero-order valence-electron chi connectivity index (χ0n) is 11.5. The molecule has 1 fully saturated rings. The standard InChI is InChI=1S/C15H20BrN3O/c1-2-6-17-15(20)12-18-7-9-19(10-8-18)14-5-3-4-13(16)11-14/h2-5,11H,1,6-10,12H2,(H,17,20). The van der Waals surface area contributed by atoms with Crippen LogP contribution in [0.15, 0.2) is 41.4 Å². The van der Waals surface area contributed by atoms with Crippen molar-refractivity contribution in [1.29, 1.82) is 0 Å². The van der Waals surface area contributed by atoms with Gasteiger partial charge in [0, 0.05) is 42.9 Å². The summed E-state index contributed by atoms with van der Waals surface area (Å²) in [6, 6.07) is 8.34. The number of hydrogen-bond acceptors (Lipinski definition) is 3. The molecule has 1 saturated heterocycles. The molecular formula is C15H20BrN3O. The minimum absolute atomic E-state index is 0.0702. The smallest absolute Gasteiger partial charge is 0.234 e. The number of halogens is 1. The lowest BCUT2D eigenvalue weighted by Gasteiger charge is -2.35. The van der Waals surface area contributed by atoms with Crippen LogP contribution in [0.4, 0.5) is 5.69 Å². The van der Waals surface area contributed by atoms with E-state index in [9.17, 15) is 4.79 Å². The molecule has 4 nitrogen and oxygen atoms in total. The van der Waals surface area contributed by atoms with E-state index in [-0.39, 0.29) is 5.91 Å². The van der Waals surface area contributed by atoms with E-state index in [1.165, 1.54) is 5.69 Å². The van der Waals surface area contributed by atoms with E-state index < -0.39 is 0 Å². The van der Waals surface area contributed by atoms with E-state index >= 15 is 0 Å². The van der Waals surface area contributed by atoms with Crippen molar-refractivity contribution in [1.82, 2.24) is 10.2 Å². The van der Waals surface area contributed by atoms with Crippen molar-refractivity contribution in [3.63, 3.8) is 0 Å². The Morgan fingerprint density at radius 3 is 2.75 bits per heavy atom. The maximum absolute atomic E-state index is 11.6. The van der Waals surface area contributed by atoms with Gasteiger partial charge in [0.2, 0.25) is 5.91 Å². The fourth-order valence-electron chi connectivity index (χ4n) is 2.28. The molecule has 1 aromatic rings. The Labute approximate surface area is 128 Å². The van der Waals surface area contributed by atoms with Crippen molar-refractivity contribution >= 4 is 27.5 Å². The third-order valence-corrected chi connectivity index (χ3v) is 3.85. The molecule has 20 heavy (non-hydrogen) atoms. The molecule has 0 aromatic heterocycles. The lowest BCUT2D eigenvalue weighted by molar-refractivity contribution is -0.122. The number of benzene rings is 1. The van der Waals surface area contributed by atoms with Gasteiger partial charge in [-0.05, 0) is 18.2 Å². The second kappa shape index (κ2) is 7.45. The first-order valence-corrected chi connectivity index (χ1v) is 7.59. The van der Waals surface area contributed by atoms with Crippen LogP contribution in [0, 0.1) is 0 Å². The monoisotopic (exact) mass is 337 g/mol. The first-order valence-electron chi connectivity index (χ1n) is 6.79. The topological polar surface area (TPSA) is 35.6 Å². The van der Waals surface area contributed by atoms with Gasteiger partial charge < -0.3 is 10.2 Å².